The summed E-state index contributed by atoms with van der Waals surface area (Å²) in [7, 11) is 0. The molecule has 0 radical (unpaired) electrons. The van der Waals surface area contributed by atoms with E-state index in [0.29, 0.717) is 12.8 Å². The van der Waals surface area contributed by atoms with Gasteiger partial charge in [-0.15, -0.1) is 0 Å². The Morgan fingerprint density at radius 2 is 2.40 bits per heavy atom. The molecule has 0 aromatic carbocycles. The highest BCUT2D eigenvalue weighted by Gasteiger charge is 2.33. The maximum absolute atomic E-state index is 10.9. The van der Waals surface area contributed by atoms with Crippen LogP contribution < -0.4 is 5.32 Å². The van der Waals surface area contributed by atoms with Crippen LogP contribution in [0.4, 0.5) is 11.4 Å². The highest BCUT2D eigenvalue weighted by Crippen LogP contribution is 2.31. The number of hydrogen-bond acceptors (Lipinski definition) is 6. The minimum absolute atomic E-state index is 0.128. The van der Waals surface area contributed by atoms with Gasteiger partial charge in [-0.25, -0.2) is 4.98 Å². The number of nitrogens with one attached hydrogen (secondary N) is 1. The standard InChI is InChI=1S/C10H11ClN6O3/c11-10-3-6(8(4-13-10)17(19)20)14-5-1-7(15-16-12)9(18)2-5/h3-5,7,9,18H,1-2H2,(H,13,14)/t5-,7-,9-/m0/s1. The van der Waals surface area contributed by atoms with Crippen LogP contribution in [-0.4, -0.2) is 33.2 Å². The van der Waals surface area contributed by atoms with E-state index in [4.69, 9.17) is 17.1 Å². The van der Waals surface area contributed by atoms with Crippen molar-refractivity contribution in [2.45, 2.75) is 31.0 Å². The average molecular weight is 299 g/mol. The lowest BCUT2D eigenvalue weighted by molar-refractivity contribution is -0.384. The molecule has 0 bridgehead atoms. The molecule has 0 spiro atoms. The van der Waals surface area contributed by atoms with Crippen LogP contribution in [0.25, 0.3) is 10.4 Å². The van der Waals surface area contributed by atoms with E-state index in [2.05, 4.69) is 20.3 Å². The number of aromatic nitrogens is 1. The molecule has 3 atom stereocenters. The SMILES string of the molecule is [N-]=[N+]=N[C@H]1C[C@H](Nc2cc(Cl)ncc2[N+](=O)[O-])C[C@@H]1O. The maximum atomic E-state index is 10.9. The molecule has 0 unspecified atom stereocenters. The second-order valence-electron chi connectivity index (χ2n) is 4.43. The summed E-state index contributed by atoms with van der Waals surface area (Å²) in [5, 5.41) is 27.2. The van der Waals surface area contributed by atoms with Crippen LogP contribution in [0, 0.1) is 10.1 Å². The van der Waals surface area contributed by atoms with Gasteiger partial charge in [0.05, 0.1) is 17.1 Å². The van der Waals surface area contributed by atoms with Crippen molar-refractivity contribution in [2.75, 3.05) is 5.32 Å². The predicted molar refractivity (Wildman–Crippen MR) is 71.5 cm³/mol. The number of hydrogen-bond donors (Lipinski definition) is 2. The minimum Gasteiger partial charge on any atom is -0.393 e. The van der Waals surface area contributed by atoms with Crippen LogP contribution in [0.15, 0.2) is 17.4 Å². The van der Waals surface area contributed by atoms with E-state index in [1.54, 1.807) is 0 Å². The van der Waals surface area contributed by atoms with Gasteiger partial charge in [0, 0.05) is 17.0 Å². The fraction of sp³-hybridized carbons (Fsp3) is 0.500. The van der Waals surface area contributed by atoms with Crippen molar-refractivity contribution in [1.82, 2.24) is 4.98 Å². The number of aliphatic hydroxyl groups excluding tert-OH is 1. The molecule has 1 aliphatic rings. The number of nitro groups is 1. The summed E-state index contributed by atoms with van der Waals surface area (Å²) in [4.78, 5) is 16.7. The van der Waals surface area contributed by atoms with Gasteiger partial charge in [-0.05, 0) is 18.4 Å². The predicted octanol–water partition coefficient (Wildman–Crippen LogP) is 2.26. The van der Waals surface area contributed by atoms with Gasteiger partial charge < -0.3 is 10.4 Å². The van der Waals surface area contributed by atoms with Crippen LogP contribution in [0.3, 0.4) is 0 Å². The molecule has 20 heavy (non-hydrogen) atoms. The molecule has 0 aliphatic heterocycles. The number of aliphatic hydroxyl groups is 1. The molecule has 0 amide bonds. The quantitative estimate of drug-likeness (QED) is 0.219. The topological polar surface area (TPSA) is 137 Å². The Labute approximate surface area is 118 Å². The van der Waals surface area contributed by atoms with Crippen LogP contribution in [-0.2, 0) is 0 Å². The van der Waals surface area contributed by atoms with E-state index in [-0.39, 0.29) is 22.6 Å². The Balaban J connectivity index is 2.17. The van der Waals surface area contributed by atoms with Crippen LogP contribution in [0.2, 0.25) is 5.15 Å². The molecule has 1 aromatic rings. The molecular weight excluding hydrogens is 288 g/mol. The zero-order valence-corrected chi connectivity index (χ0v) is 10.9. The van der Waals surface area contributed by atoms with Gasteiger partial charge in [0.1, 0.15) is 17.0 Å². The molecule has 106 valence electrons. The molecule has 2 N–H and O–H groups in total. The monoisotopic (exact) mass is 298 g/mol. The summed E-state index contributed by atoms with van der Waals surface area (Å²) in [6, 6.07) is 0.582. The fourth-order valence-corrected chi connectivity index (χ4v) is 2.36. The van der Waals surface area contributed by atoms with Gasteiger partial charge in [0.2, 0.25) is 0 Å². The first-order chi connectivity index (χ1) is 9.51. The van der Waals surface area contributed by atoms with Crippen molar-refractivity contribution in [2.24, 2.45) is 5.11 Å². The van der Waals surface area contributed by atoms with Gasteiger partial charge >= 0.3 is 5.69 Å². The van der Waals surface area contributed by atoms with Gasteiger partial charge in [-0.3, -0.25) is 10.1 Å². The summed E-state index contributed by atoms with van der Waals surface area (Å²) in [6.45, 7) is 0. The lowest BCUT2D eigenvalue weighted by atomic mass is 10.2. The van der Waals surface area contributed by atoms with E-state index < -0.39 is 17.1 Å². The molecule has 1 aliphatic carbocycles. The molecule has 1 fully saturated rings. The second-order valence-corrected chi connectivity index (χ2v) is 4.82. The minimum atomic E-state index is -0.764. The molecule has 9 nitrogen and oxygen atoms in total. The highest BCUT2D eigenvalue weighted by molar-refractivity contribution is 6.29. The van der Waals surface area contributed by atoms with Crippen molar-refractivity contribution in [3.8, 4) is 0 Å². The van der Waals surface area contributed by atoms with Crippen molar-refractivity contribution in [3.63, 3.8) is 0 Å². The third-order valence-electron chi connectivity index (χ3n) is 3.10. The lowest BCUT2D eigenvalue weighted by Gasteiger charge is -2.13. The third kappa shape index (κ3) is 3.08. The largest absolute Gasteiger partial charge is 0.393 e. The normalized spacial score (nSPS) is 25.0. The van der Waals surface area contributed by atoms with Gasteiger partial charge in [-0.1, -0.05) is 16.7 Å². The molecule has 1 aromatic heterocycles. The van der Waals surface area contributed by atoms with Crippen molar-refractivity contribution < 1.29 is 10.0 Å². The first-order valence-corrected chi connectivity index (χ1v) is 6.17. The molecule has 0 saturated heterocycles. The molecule has 2 rings (SSSR count). The number of halogens is 1. The summed E-state index contributed by atoms with van der Waals surface area (Å²) >= 11 is 5.72. The van der Waals surface area contributed by atoms with E-state index in [1.165, 1.54) is 6.07 Å². The summed E-state index contributed by atoms with van der Waals surface area (Å²) in [5.41, 5.74) is 8.42. The summed E-state index contributed by atoms with van der Waals surface area (Å²) in [5.74, 6) is 0. The number of anilines is 1. The lowest BCUT2D eigenvalue weighted by Crippen LogP contribution is -2.17. The summed E-state index contributed by atoms with van der Waals surface area (Å²) < 4.78 is 0. The van der Waals surface area contributed by atoms with Crippen molar-refractivity contribution >= 4 is 23.0 Å². The van der Waals surface area contributed by atoms with E-state index >= 15 is 0 Å². The average Bonchev–Trinajstić information content (AvgIpc) is 2.70. The zero-order chi connectivity index (χ0) is 14.7. The molecule has 1 heterocycles. The Morgan fingerprint density at radius 3 is 3.05 bits per heavy atom. The van der Waals surface area contributed by atoms with Crippen molar-refractivity contribution in [3.05, 3.63) is 38.0 Å². The maximum Gasteiger partial charge on any atom is 0.310 e. The number of azide groups is 1. The Bertz CT molecular complexity index is 576. The summed E-state index contributed by atoms with van der Waals surface area (Å²) in [6.07, 6.45) is 1.03. The van der Waals surface area contributed by atoms with Gasteiger partial charge in [-0.2, -0.15) is 0 Å². The Hall–Kier alpha value is -2.09. The number of rotatable bonds is 4. The first-order valence-electron chi connectivity index (χ1n) is 5.80. The van der Waals surface area contributed by atoms with E-state index in [1.807, 2.05) is 0 Å². The third-order valence-corrected chi connectivity index (χ3v) is 3.31. The first kappa shape index (κ1) is 14.3. The molecule has 10 heteroatoms. The van der Waals surface area contributed by atoms with Crippen molar-refractivity contribution in [1.29, 1.82) is 0 Å². The molecule has 1 saturated carbocycles. The van der Waals surface area contributed by atoms with E-state index in [0.717, 1.165) is 6.20 Å². The number of pyridine rings is 1. The second kappa shape index (κ2) is 5.91. The van der Waals surface area contributed by atoms with E-state index in [9.17, 15) is 15.2 Å². The molecular formula is C10H11ClN6O3. The van der Waals surface area contributed by atoms with Crippen LogP contribution in [0.1, 0.15) is 12.8 Å². The Kier molecular flexibility index (Phi) is 4.23. The number of nitrogens with zero attached hydrogens (tertiary/aromatic N) is 5. The zero-order valence-electron chi connectivity index (χ0n) is 10.2. The smallest absolute Gasteiger partial charge is 0.310 e. The Morgan fingerprint density at radius 1 is 1.65 bits per heavy atom. The van der Waals surface area contributed by atoms with Gasteiger partial charge in [0.15, 0.2) is 0 Å². The highest BCUT2D eigenvalue weighted by atomic mass is 35.5. The van der Waals surface area contributed by atoms with Crippen LogP contribution >= 0.6 is 11.6 Å². The fourth-order valence-electron chi connectivity index (χ4n) is 2.21. The van der Waals surface area contributed by atoms with Gasteiger partial charge in [0.25, 0.3) is 0 Å². The van der Waals surface area contributed by atoms with Crippen LogP contribution in [0.5, 0.6) is 0 Å².